The molecule has 0 amide bonds. The second kappa shape index (κ2) is 7.05. The van der Waals surface area contributed by atoms with Crippen molar-refractivity contribution in [1.82, 2.24) is 29.4 Å². The molecule has 6 heteroatoms. The normalized spacial score (nSPS) is 21.8. The van der Waals surface area contributed by atoms with Crippen molar-refractivity contribution in [2.45, 2.75) is 64.0 Å². The summed E-state index contributed by atoms with van der Waals surface area (Å²) in [6, 6.07) is 0.471. The van der Waals surface area contributed by atoms with Crippen LogP contribution >= 0.6 is 0 Å². The predicted octanol–water partition coefficient (Wildman–Crippen LogP) is 2.51. The Balaban J connectivity index is 1.40. The maximum Gasteiger partial charge on any atom is 0.150 e. The molecule has 0 N–H and O–H groups in total. The Labute approximate surface area is 143 Å². The molecule has 24 heavy (non-hydrogen) atoms. The fraction of sp³-hybridized carbons (Fsp3) is 0.722. The van der Waals surface area contributed by atoms with Crippen LogP contribution in [-0.4, -0.2) is 42.5 Å². The van der Waals surface area contributed by atoms with E-state index in [0.717, 1.165) is 25.9 Å². The lowest BCUT2D eigenvalue weighted by atomic mass is 10.1. The van der Waals surface area contributed by atoms with E-state index in [2.05, 4.69) is 31.0 Å². The van der Waals surface area contributed by atoms with Gasteiger partial charge in [0, 0.05) is 26.2 Å². The minimum Gasteiger partial charge on any atom is -0.314 e. The summed E-state index contributed by atoms with van der Waals surface area (Å²) in [6.07, 6.45) is 13.9. The minimum absolute atomic E-state index is 0.471. The molecule has 2 aromatic rings. The molecular weight excluding hydrogens is 300 g/mol. The van der Waals surface area contributed by atoms with E-state index in [0.29, 0.717) is 6.04 Å². The lowest BCUT2D eigenvalue weighted by Gasteiger charge is -2.24. The van der Waals surface area contributed by atoms with Crippen LogP contribution in [0.4, 0.5) is 0 Å². The largest absolute Gasteiger partial charge is 0.314 e. The molecule has 2 aliphatic heterocycles. The number of hydrogen-bond acceptors (Lipinski definition) is 4. The Morgan fingerprint density at radius 2 is 2.08 bits per heavy atom. The van der Waals surface area contributed by atoms with Crippen LogP contribution < -0.4 is 0 Å². The first-order valence-corrected chi connectivity index (χ1v) is 9.45. The van der Waals surface area contributed by atoms with Gasteiger partial charge in [0.15, 0.2) is 0 Å². The topological polar surface area (TPSA) is 51.8 Å². The Kier molecular flexibility index (Phi) is 4.65. The lowest BCUT2D eigenvalue weighted by molar-refractivity contribution is 0.240. The molecule has 130 valence electrons. The Hall–Kier alpha value is -1.69. The van der Waals surface area contributed by atoms with Crippen LogP contribution in [0.1, 0.15) is 61.8 Å². The van der Waals surface area contributed by atoms with Crippen LogP contribution in [-0.2, 0) is 26.4 Å². The smallest absolute Gasteiger partial charge is 0.150 e. The highest BCUT2D eigenvalue weighted by Gasteiger charge is 2.30. The molecule has 4 rings (SSSR count). The number of fused-ring (bicyclic) bond motifs is 1. The third kappa shape index (κ3) is 3.24. The molecule has 2 aromatic heterocycles. The van der Waals surface area contributed by atoms with Crippen LogP contribution in [0.5, 0.6) is 0 Å². The first-order chi connectivity index (χ1) is 11.8. The van der Waals surface area contributed by atoms with Gasteiger partial charge in [-0.15, -0.1) is 10.2 Å². The van der Waals surface area contributed by atoms with Crippen LogP contribution in [0.2, 0.25) is 0 Å². The molecule has 0 saturated carbocycles. The monoisotopic (exact) mass is 328 g/mol. The van der Waals surface area contributed by atoms with E-state index in [1.165, 1.54) is 62.3 Å². The van der Waals surface area contributed by atoms with Gasteiger partial charge in [-0.2, -0.15) is 5.10 Å². The van der Waals surface area contributed by atoms with E-state index in [9.17, 15) is 0 Å². The second-order valence-electron chi connectivity index (χ2n) is 7.26. The number of likely N-dealkylation sites (tertiary alicyclic amines) is 1. The average Bonchev–Trinajstić information content (AvgIpc) is 3.25. The highest BCUT2D eigenvalue weighted by molar-refractivity contribution is 5.06. The molecule has 0 radical (unpaired) electrons. The summed E-state index contributed by atoms with van der Waals surface area (Å²) >= 11 is 0. The molecule has 4 heterocycles. The zero-order valence-corrected chi connectivity index (χ0v) is 14.7. The number of hydrogen-bond donors (Lipinski definition) is 0. The van der Waals surface area contributed by atoms with Crippen molar-refractivity contribution in [3.05, 3.63) is 29.6 Å². The highest BCUT2D eigenvalue weighted by Crippen LogP contribution is 2.32. The second-order valence-corrected chi connectivity index (χ2v) is 7.26. The van der Waals surface area contributed by atoms with Gasteiger partial charge in [-0.05, 0) is 57.2 Å². The third-order valence-corrected chi connectivity index (χ3v) is 5.47. The fourth-order valence-corrected chi connectivity index (χ4v) is 4.23. The van der Waals surface area contributed by atoms with Crippen molar-refractivity contribution >= 4 is 0 Å². The maximum absolute atomic E-state index is 4.60. The van der Waals surface area contributed by atoms with Crippen molar-refractivity contribution in [2.24, 2.45) is 7.05 Å². The molecule has 2 aliphatic rings. The van der Waals surface area contributed by atoms with Crippen LogP contribution in [0.3, 0.4) is 0 Å². The van der Waals surface area contributed by atoms with Gasteiger partial charge in [0.2, 0.25) is 0 Å². The summed E-state index contributed by atoms with van der Waals surface area (Å²) in [4.78, 5) is 2.62. The van der Waals surface area contributed by atoms with E-state index in [1.54, 1.807) is 0 Å². The van der Waals surface area contributed by atoms with E-state index in [-0.39, 0.29) is 0 Å². The predicted molar refractivity (Wildman–Crippen MR) is 92.7 cm³/mol. The van der Waals surface area contributed by atoms with Crippen molar-refractivity contribution < 1.29 is 0 Å². The first-order valence-electron chi connectivity index (χ1n) is 9.45. The van der Waals surface area contributed by atoms with Gasteiger partial charge in [0.05, 0.1) is 12.2 Å². The SMILES string of the molecule is Cn1cc(CCCN2CCC[C@H]2c2nnc3n2CCCCC3)cn1. The molecule has 0 bridgehead atoms. The molecule has 1 atom stereocenters. The molecule has 0 aromatic carbocycles. The molecule has 0 unspecified atom stereocenters. The molecule has 6 nitrogen and oxygen atoms in total. The van der Waals surface area contributed by atoms with E-state index < -0.39 is 0 Å². The Bertz CT molecular complexity index is 673. The fourth-order valence-electron chi connectivity index (χ4n) is 4.23. The third-order valence-electron chi connectivity index (χ3n) is 5.47. The van der Waals surface area contributed by atoms with E-state index in [1.807, 2.05) is 17.9 Å². The van der Waals surface area contributed by atoms with Crippen LogP contribution in [0, 0.1) is 0 Å². The van der Waals surface area contributed by atoms with Gasteiger partial charge in [-0.3, -0.25) is 9.58 Å². The van der Waals surface area contributed by atoms with Crippen molar-refractivity contribution in [1.29, 1.82) is 0 Å². The average molecular weight is 328 g/mol. The summed E-state index contributed by atoms with van der Waals surface area (Å²) in [5.41, 5.74) is 1.34. The summed E-state index contributed by atoms with van der Waals surface area (Å²) in [5, 5.41) is 13.4. The molecule has 1 fully saturated rings. The molecule has 0 spiro atoms. The van der Waals surface area contributed by atoms with Gasteiger partial charge in [-0.25, -0.2) is 0 Å². The quantitative estimate of drug-likeness (QED) is 0.846. The number of aryl methyl sites for hydroxylation is 3. The molecular formula is C18H28N6. The highest BCUT2D eigenvalue weighted by atomic mass is 15.3. The lowest BCUT2D eigenvalue weighted by Crippen LogP contribution is -2.27. The van der Waals surface area contributed by atoms with Crippen molar-refractivity contribution in [2.75, 3.05) is 13.1 Å². The Morgan fingerprint density at radius 3 is 2.96 bits per heavy atom. The maximum atomic E-state index is 4.60. The van der Waals surface area contributed by atoms with Crippen molar-refractivity contribution in [3.8, 4) is 0 Å². The zero-order chi connectivity index (χ0) is 16.4. The summed E-state index contributed by atoms with van der Waals surface area (Å²) in [7, 11) is 1.98. The van der Waals surface area contributed by atoms with Crippen LogP contribution in [0.15, 0.2) is 12.4 Å². The van der Waals surface area contributed by atoms with Gasteiger partial charge < -0.3 is 4.57 Å². The number of nitrogens with zero attached hydrogens (tertiary/aromatic N) is 6. The van der Waals surface area contributed by atoms with E-state index in [4.69, 9.17) is 0 Å². The first kappa shape index (κ1) is 15.8. The molecule has 1 saturated heterocycles. The summed E-state index contributed by atoms with van der Waals surface area (Å²) in [6.45, 7) is 3.44. The summed E-state index contributed by atoms with van der Waals surface area (Å²) < 4.78 is 4.32. The van der Waals surface area contributed by atoms with Gasteiger partial charge in [0.1, 0.15) is 11.6 Å². The van der Waals surface area contributed by atoms with Gasteiger partial charge >= 0.3 is 0 Å². The Morgan fingerprint density at radius 1 is 1.12 bits per heavy atom. The van der Waals surface area contributed by atoms with Gasteiger partial charge in [-0.1, -0.05) is 6.42 Å². The minimum atomic E-state index is 0.471. The van der Waals surface area contributed by atoms with Gasteiger partial charge in [0.25, 0.3) is 0 Å². The van der Waals surface area contributed by atoms with Crippen LogP contribution in [0.25, 0.3) is 0 Å². The number of rotatable bonds is 5. The number of aromatic nitrogens is 5. The zero-order valence-electron chi connectivity index (χ0n) is 14.7. The standard InChI is InChI=1S/C18H28N6/c1-22-14-15(13-19-22)7-5-10-23-11-6-8-16(23)18-21-20-17-9-3-2-4-12-24(17)18/h13-14,16H,2-12H2,1H3/t16-/m0/s1. The summed E-state index contributed by atoms with van der Waals surface area (Å²) in [5.74, 6) is 2.44. The van der Waals surface area contributed by atoms with Crippen molar-refractivity contribution in [3.63, 3.8) is 0 Å². The van der Waals surface area contributed by atoms with E-state index >= 15 is 0 Å². The molecule has 0 aliphatic carbocycles.